The van der Waals surface area contributed by atoms with Crippen molar-refractivity contribution < 1.29 is 19.4 Å². The molecule has 2 rings (SSSR count). The van der Waals surface area contributed by atoms with E-state index in [2.05, 4.69) is 10.6 Å². The number of carbonyl (C=O) groups is 2. The van der Waals surface area contributed by atoms with Crippen LogP contribution in [0, 0.1) is 0 Å². The summed E-state index contributed by atoms with van der Waals surface area (Å²) in [5.74, 6) is -0.199. The van der Waals surface area contributed by atoms with Crippen molar-refractivity contribution in [3.05, 3.63) is 60.2 Å². The van der Waals surface area contributed by atoms with Crippen molar-refractivity contribution in [2.24, 2.45) is 0 Å². The van der Waals surface area contributed by atoms with Crippen molar-refractivity contribution in [2.45, 2.75) is 6.42 Å². The summed E-state index contributed by atoms with van der Waals surface area (Å²) in [6.07, 6.45) is 0.681. The summed E-state index contributed by atoms with van der Waals surface area (Å²) < 4.78 is 5.51. The second-order valence-corrected chi connectivity index (χ2v) is 4.78. The number of urea groups is 1. The Kier molecular flexibility index (Phi) is 5.99. The van der Waals surface area contributed by atoms with Crippen LogP contribution >= 0.6 is 0 Å². The Morgan fingerprint density at radius 1 is 1.00 bits per heavy atom. The summed E-state index contributed by atoms with van der Waals surface area (Å²) in [5, 5.41) is 14.1. The molecule has 0 heterocycles. The molecule has 0 aromatic heterocycles. The average molecular weight is 314 g/mol. The van der Waals surface area contributed by atoms with Crippen molar-refractivity contribution in [3.63, 3.8) is 0 Å². The van der Waals surface area contributed by atoms with Gasteiger partial charge >= 0.3 is 12.0 Å². The number of carboxylic acid groups (broad SMARTS) is 1. The molecular formula is C17H18N2O4. The quantitative estimate of drug-likeness (QED) is 0.686. The maximum Gasteiger partial charge on any atom is 0.335 e. The second kappa shape index (κ2) is 8.43. The number of ether oxygens (including phenoxy) is 1. The van der Waals surface area contributed by atoms with Crippen LogP contribution in [-0.4, -0.2) is 30.3 Å². The van der Waals surface area contributed by atoms with Crippen molar-refractivity contribution in [3.8, 4) is 5.75 Å². The van der Waals surface area contributed by atoms with Crippen LogP contribution in [0.4, 0.5) is 10.5 Å². The molecule has 0 spiro atoms. The molecule has 6 heteroatoms. The number of nitrogens with one attached hydrogen (secondary N) is 2. The standard InChI is InChI=1S/C17H18N2O4/c20-16(21)13-7-9-14(10-8-13)19-17(22)18-11-4-12-23-15-5-2-1-3-6-15/h1-3,5-10H,4,11-12H2,(H,20,21)(H2,18,19,22). The molecule has 0 atom stereocenters. The van der Waals surface area contributed by atoms with Gasteiger partial charge in [-0.05, 0) is 42.8 Å². The van der Waals surface area contributed by atoms with Gasteiger partial charge in [0, 0.05) is 12.2 Å². The van der Waals surface area contributed by atoms with Crippen molar-refractivity contribution >= 4 is 17.7 Å². The Morgan fingerprint density at radius 3 is 2.35 bits per heavy atom. The Balaban J connectivity index is 1.64. The number of carboxylic acids is 1. The maximum atomic E-state index is 11.7. The predicted octanol–water partition coefficient (Wildman–Crippen LogP) is 2.98. The Labute approximate surface area is 134 Å². The van der Waals surface area contributed by atoms with Gasteiger partial charge in [-0.25, -0.2) is 9.59 Å². The highest BCUT2D eigenvalue weighted by Gasteiger charge is 2.04. The van der Waals surface area contributed by atoms with Gasteiger partial charge in [0.2, 0.25) is 0 Å². The smallest absolute Gasteiger partial charge is 0.335 e. The zero-order valence-electron chi connectivity index (χ0n) is 12.5. The zero-order chi connectivity index (χ0) is 16.5. The number of hydrogen-bond donors (Lipinski definition) is 3. The molecule has 0 radical (unpaired) electrons. The van der Waals surface area contributed by atoms with E-state index in [9.17, 15) is 9.59 Å². The summed E-state index contributed by atoms with van der Waals surface area (Å²) in [6.45, 7) is 0.990. The highest BCUT2D eigenvalue weighted by Crippen LogP contribution is 2.09. The first kappa shape index (κ1) is 16.4. The lowest BCUT2D eigenvalue weighted by Gasteiger charge is -2.09. The molecule has 0 aliphatic rings. The van der Waals surface area contributed by atoms with E-state index >= 15 is 0 Å². The molecule has 0 saturated carbocycles. The van der Waals surface area contributed by atoms with Gasteiger partial charge in [0.25, 0.3) is 0 Å². The van der Waals surface area contributed by atoms with Crippen LogP contribution in [0.3, 0.4) is 0 Å². The molecule has 0 unspecified atom stereocenters. The molecule has 23 heavy (non-hydrogen) atoms. The molecule has 0 bridgehead atoms. The fourth-order valence-corrected chi connectivity index (χ4v) is 1.85. The fourth-order valence-electron chi connectivity index (χ4n) is 1.85. The van der Waals surface area contributed by atoms with Crippen molar-refractivity contribution in [1.82, 2.24) is 5.32 Å². The van der Waals surface area contributed by atoms with Gasteiger partial charge in [-0.1, -0.05) is 18.2 Å². The molecular weight excluding hydrogens is 296 g/mol. The third-order valence-corrected chi connectivity index (χ3v) is 3.01. The van der Waals surface area contributed by atoms with Crippen molar-refractivity contribution in [1.29, 1.82) is 0 Å². The van der Waals surface area contributed by atoms with E-state index in [0.717, 1.165) is 5.75 Å². The number of aromatic carboxylic acids is 1. The molecule has 6 nitrogen and oxygen atoms in total. The van der Waals surface area contributed by atoms with E-state index in [1.807, 2.05) is 30.3 Å². The first-order valence-electron chi connectivity index (χ1n) is 7.21. The topological polar surface area (TPSA) is 87.7 Å². The number of amides is 2. The number of benzene rings is 2. The van der Waals surface area contributed by atoms with Crippen molar-refractivity contribution in [2.75, 3.05) is 18.5 Å². The van der Waals surface area contributed by atoms with E-state index in [4.69, 9.17) is 9.84 Å². The minimum Gasteiger partial charge on any atom is -0.494 e. The lowest BCUT2D eigenvalue weighted by Crippen LogP contribution is -2.30. The summed E-state index contributed by atoms with van der Waals surface area (Å²) in [4.78, 5) is 22.4. The molecule has 0 saturated heterocycles. The summed E-state index contributed by atoms with van der Waals surface area (Å²) >= 11 is 0. The van der Waals surface area contributed by atoms with Gasteiger partial charge in [0.05, 0.1) is 12.2 Å². The lowest BCUT2D eigenvalue weighted by atomic mass is 10.2. The van der Waals surface area contributed by atoms with E-state index in [0.29, 0.717) is 25.3 Å². The number of anilines is 1. The Hall–Kier alpha value is -3.02. The minimum atomic E-state index is -1.00. The predicted molar refractivity (Wildman–Crippen MR) is 87.0 cm³/mol. The van der Waals surface area contributed by atoms with Gasteiger partial charge in [0.1, 0.15) is 5.75 Å². The summed E-state index contributed by atoms with van der Waals surface area (Å²) in [6, 6.07) is 15.1. The SMILES string of the molecule is O=C(NCCCOc1ccccc1)Nc1ccc(C(=O)O)cc1. The van der Waals surface area contributed by atoms with Gasteiger partial charge < -0.3 is 20.5 Å². The van der Waals surface area contributed by atoms with Gasteiger partial charge in [0.15, 0.2) is 0 Å². The number of carbonyl (C=O) groups excluding carboxylic acids is 1. The fraction of sp³-hybridized carbons (Fsp3) is 0.176. The number of hydrogen-bond acceptors (Lipinski definition) is 3. The van der Waals surface area contributed by atoms with Crippen LogP contribution in [0.15, 0.2) is 54.6 Å². The third kappa shape index (κ3) is 5.70. The van der Waals surface area contributed by atoms with E-state index in [1.54, 1.807) is 12.1 Å². The molecule has 2 amide bonds. The monoisotopic (exact) mass is 314 g/mol. The number of rotatable bonds is 7. The summed E-state index contributed by atoms with van der Waals surface area (Å²) in [7, 11) is 0. The highest BCUT2D eigenvalue weighted by atomic mass is 16.5. The third-order valence-electron chi connectivity index (χ3n) is 3.01. The summed E-state index contributed by atoms with van der Waals surface area (Å²) in [5.41, 5.74) is 0.710. The Morgan fingerprint density at radius 2 is 1.70 bits per heavy atom. The van der Waals surface area contributed by atoms with Gasteiger partial charge in [-0.15, -0.1) is 0 Å². The molecule has 0 aliphatic heterocycles. The molecule has 2 aromatic carbocycles. The average Bonchev–Trinajstić information content (AvgIpc) is 2.56. The first-order chi connectivity index (χ1) is 11.1. The molecule has 3 N–H and O–H groups in total. The van der Waals surface area contributed by atoms with Gasteiger partial charge in [-0.3, -0.25) is 0 Å². The molecule has 0 fully saturated rings. The number of para-hydroxylation sites is 1. The first-order valence-corrected chi connectivity index (χ1v) is 7.21. The van der Waals surface area contributed by atoms with E-state index < -0.39 is 5.97 Å². The van der Waals surface area contributed by atoms with E-state index in [1.165, 1.54) is 12.1 Å². The van der Waals surface area contributed by atoms with Crippen LogP contribution in [0.1, 0.15) is 16.8 Å². The van der Waals surface area contributed by atoms with Crippen LogP contribution in [0.25, 0.3) is 0 Å². The Bertz CT molecular complexity index is 641. The normalized spacial score (nSPS) is 9.91. The van der Waals surface area contributed by atoms with Gasteiger partial charge in [-0.2, -0.15) is 0 Å². The maximum absolute atomic E-state index is 11.7. The van der Waals surface area contributed by atoms with Crippen LogP contribution in [0.5, 0.6) is 5.75 Å². The lowest BCUT2D eigenvalue weighted by molar-refractivity contribution is 0.0697. The second-order valence-electron chi connectivity index (χ2n) is 4.78. The largest absolute Gasteiger partial charge is 0.494 e. The van der Waals surface area contributed by atoms with Crippen LogP contribution < -0.4 is 15.4 Å². The molecule has 0 aliphatic carbocycles. The molecule has 2 aromatic rings. The highest BCUT2D eigenvalue weighted by molar-refractivity contribution is 5.91. The minimum absolute atomic E-state index is 0.175. The van der Waals surface area contributed by atoms with Crippen LogP contribution in [-0.2, 0) is 0 Å². The van der Waals surface area contributed by atoms with Crippen LogP contribution in [0.2, 0.25) is 0 Å². The zero-order valence-corrected chi connectivity index (χ0v) is 12.5. The molecule has 120 valence electrons. The van der Waals surface area contributed by atoms with E-state index in [-0.39, 0.29) is 11.6 Å².